The number of hydrogen-bond acceptors (Lipinski definition) is 6. The van der Waals surface area contributed by atoms with Gasteiger partial charge >= 0.3 is 5.97 Å². The van der Waals surface area contributed by atoms with Crippen LogP contribution in [0.1, 0.15) is 47.2 Å². The lowest BCUT2D eigenvalue weighted by atomic mass is 10.00. The number of methoxy groups -OCH3 is 1. The van der Waals surface area contributed by atoms with Crippen LogP contribution in [0.3, 0.4) is 0 Å². The van der Waals surface area contributed by atoms with E-state index in [1.54, 1.807) is 18.2 Å². The lowest BCUT2D eigenvalue weighted by Gasteiger charge is -2.31. The molecule has 4 aromatic carbocycles. The molecule has 1 saturated carbocycles. The van der Waals surface area contributed by atoms with Crippen LogP contribution in [0.2, 0.25) is 0 Å². The van der Waals surface area contributed by atoms with Gasteiger partial charge in [0.1, 0.15) is 18.4 Å². The van der Waals surface area contributed by atoms with Crippen molar-refractivity contribution < 1.29 is 19.1 Å². The molecule has 1 unspecified atom stereocenters. The number of anilines is 2. The molecule has 4 aromatic rings. The first-order valence-electron chi connectivity index (χ1n) is 14.7. The van der Waals surface area contributed by atoms with Crippen LogP contribution in [-0.4, -0.2) is 44.1 Å². The fourth-order valence-corrected chi connectivity index (χ4v) is 5.65. The average molecular weight is 563 g/mol. The molecular weight excluding hydrogens is 524 g/mol. The standard InChI is InChI=1S/C36H38N2O4/c1-41-36(40)34(37-33-19-11-10-18-32(33)35(39)28-12-4-2-5-13-28)26-27-20-22-31(23-21-27)42-25-24-38(30-16-8-9-17-30)29-14-6-3-7-15-29/h2-7,10-15,18-23,30,34,37H,8-9,16-17,24-26H2,1H3. The average Bonchev–Trinajstić information content (AvgIpc) is 3.59. The highest BCUT2D eigenvalue weighted by Crippen LogP contribution is 2.28. The van der Waals surface area contributed by atoms with E-state index in [0.29, 0.717) is 35.9 Å². The van der Waals surface area contributed by atoms with E-state index in [1.165, 1.54) is 38.5 Å². The molecule has 0 heterocycles. The predicted molar refractivity (Wildman–Crippen MR) is 167 cm³/mol. The number of esters is 1. The summed E-state index contributed by atoms with van der Waals surface area (Å²) in [6.45, 7) is 1.41. The van der Waals surface area contributed by atoms with Crippen molar-refractivity contribution in [3.05, 3.63) is 126 Å². The highest BCUT2D eigenvalue weighted by Gasteiger charge is 2.24. The summed E-state index contributed by atoms with van der Waals surface area (Å²) in [4.78, 5) is 28.4. The molecule has 1 aliphatic carbocycles. The zero-order valence-electron chi connectivity index (χ0n) is 24.1. The zero-order chi connectivity index (χ0) is 29.1. The molecule has 1 aliphatic rings. The van der Waals surface area contributed by atoms with Crippen molar-refractivity contribution in [1.29, 1.82) is 0 Å². The van der Waals surface area contributed by atoms with Gasteiger partial charge in [0.2, 0.25) is 0 Å². The Bertz CT molecular complexity index is 1430. The van der Waals surface area contributed by atoms with E-state index in [0.717, 1.165) is 17.9 Å². The summed E-state index contributed by atoms with van der Waals surface area (Å²) in [6, 6.07) is 34.7. The summed E-state index contributed by atoms with van der Waals surface area (Å²) < 4.78 is 11.2. The van der Waals surface area contributed by atoms with E-state index in [-0.39, 0.29) is 5.78 Å². The lowest BCUT2D eigenvalue weighted by Crippen LogP contribution is -2.36. The highest BCUT2D eigenvalue weighted by atomic mass is 16.5. The van der Waals surface area contributed by atoms with Crippen LogP contribution in [0.25, 0.3) is 0 Å². The quantitative estimate of drug-likeness (QED) is 0.141. The van der Waals surface area contributed by atoms with Crippen LogP contribution in [0.15, 0.2) is 109 Å². The minimum atomic E-state index is -0.669. The van der Waals surface area contributed by atoms with Gasteiger partial charge in [0.15, 0.2) is 5.78 Å². The molecule has 0 amide bonds. The Labute approximate surface area is 248 Å². The smallest absolute Gasteiger partial charge is 0.328 e. The Kier molecular flexibility index (Phi) is 9.89. The van der Waals surface area contributed by atoms with E-state index in [9.17, 15) is 9.59 Å². The first kappa shape index (κ1) is 28.9. The number of rotatable bonds is 13. The van der Waals surface area contributed by atoms with Gasteiger partial charge in [0.05, 0.1) is 13.7 Å². The molecule has 1 N–H and O–H groups in total. The van der Waals surface area contributed by atoms with E-state index < -0.39 is 12.0 Å². The molecule has 6 heteroatoms. The molecule has 216 valence electrons. The molecule has 0 radical (unpaired) electrons. The molecule has 0 bridgehead atoms. The number of nitrogens with one attached hydrogen (secondary N) is 1. The highest BCUT2D eigenvalue weighted by molar-refractivity contribution is 6.12. The first-order chi connectivity index (χ1) is 20.6. The zero-order valence-corrected chi connectivity index (χ0v) is 24.1. The minimum Gasteiger partial charge on any atom is -0.492 e. The van der Waals surface area contributed by atoms with Gasteiger partial charge in [-0.2, -0.15) is 0 Å². The third kappa shape index (κ3) is 7.38. The van der Waals surface area contributed by atoms with Crippen molar-refractivity contribution >= 4 is 23.1 Å². The van der Waals surface area contributed by atoms with Crippen molar-refractivity contribution in [2.24, 2.45) is 0 Å². The van der Waals surface area contributed by atoms with Crippen LogP contribution >= 0.6 is 0 Å². The summed E-state index contributed by atoms with van der Waals surface area (Å²) in [6.07, 6.45) is 5.41. The number of nitrogens with zero attached hydrogens (tertiary/aromatic N) is 1. The molecule has 0 aliphatic heterocycles. The summed E-state index contributed by atoms with van der Waals surface area (Å²) in [5.41, 5.74) is 3.88. The topological polar surface area (TPSA) is 67.9 Å². The van der Waals surface area contributed by atoms with Crippen molar-refractivity contribution in [3.63, 3.8) is 0 Å². The van der Waals surface area contributed by atoms with Crippen molar-refractivity contribution in [2.75, 3.05) is 30.5 Å². The SMILES string of the molecule is COC(=O)C(Cc1ccc(OCCN(c2ccccc2)C2CCCC2)cc1)Nc1ccccc1C(=O)c1ccccc1. The summed E-state index contributed by atoms with van der Waals surface area (Å²) in [7, 11) is 1.37. The van der Waals surface area contributed by atoms with Gasteiger partial charge in [-0.15, -0.1) is 0 Å². The third-order valence-corrected chi connectivity index (χ3v) is 7.84. The fourth-order valence-electron chi connectivity index (χ4n) is 5.65. The van der Waals surface area contributed by atoms with E-state index >= 15 is 0 Å². The van der Waals surface area contributed by atoms with Gasteiger partial charge in [0.25, 0.3) is 0 Å². The van der Waals surface area contributed by atoms with Crippen LogP contribution in [0.5, 0.6) is 5.75 Å². The van der Waals surface area contributed by atoms with Gasteiger partial charge in [-0.25, -0.2) is 4.79 Å². The molecule has 0 spiro atoms. The van der Waals surface area contributed by atoms with Gasteiger partial charge in [-0.3, -0.25) is 4.79 Å². The second kappa shape index (κ2) is 14.4. The van der Waals surface area contributed by atoms with Crippen LogP contribution in [-0.2, 0) is 16.0 Å². The Morgan fingerprint density at radius 2 is 1.48 bits per heavy atom. The Morgan fingerprint density at radius 1 is 0.833 bits per heavy atom. The number of benzene rings is 4. The van der Waals surface area contributed by atoms with E-state index in [4.69, 9.17) is 9.47 Å². The van der Waals surface area contributed by atoms with Gasteiger partial charge < -0.3 is 19.7 Å². The molecule has 6 nitrogen and oxygen atoms in total. The second-order valence-corrected chi connectivity index (χ2v) is 10.6. The maximum absolute atomic E-state index is 13.2. The molecule has 1 atom stereocenters. The van der Waals surface area contributed by atoms with Crippen molar-refractivity contribution in [1.82, 2.24) is 0 Å². The Morgan fingerprint density at radius 3 is 2.17 bits per heavy atom. The molecule has 0 saturated heterocycles. The third-order valence-electron chi connectivity index (χ3n) is 7.84. The summed E-state index contributed by atoms with van der Waals surface area (Å²) in [5.74, 6) is 0.285. The molecule has 5 rings (SSSR count). The Hall–Kier alpha value is -4.58. The number of ketones is 1. The van der Waals surface area contributed by atoms with E-state index in [1.807, 2.05) is 60.7 Å². The normalized spacial score (nSPS) is 13.7. The largest absolute Gasteiger partial charge is 0.492 e. The monoisotopic (exact) mass is 562 g/mol. The van der Waals surface area contributed by atoms with Gasteiger partial charge in [-0.1, -0.05) is 85.6 Å². The maximum Gasteiger partial charge on any atom is 0.328 e. The van der Waals surface area contributed by atoms with E-state index in [2.05, 4.69) is 40.5 Å². The summed E-state index contributed by atoms with van der Waals surface area (Å²) >= 11 is 0. The molecule has 0 aromatic heterocycles. The van der Waals surface area contributed by atoms with Crippen molar-refractivity contribution in [2.45, 2.75) is 44.2 Å². The predicted octanol–water partition coefficient (Wildman–Crippen LogP) is 6.94. The number of para-hydroxylation sites is 2. The number of ether oxygens (including phenoxy) is 2. The summed E-state index contributed by atoms with van der Waals surface area (Å²) in [5, 5.41) is 3.27. The van der Waals surface area contributed by atoms with Crippen molar-refractivity contribution in [3.8, 4) is 5.75 Å². The molecule has 1 fully saturated rings. The lowest BCUT2D eigenvalue weighted by molar-refractivity contribution is -0.141. The van der Waals surface area contributed by atoms with Crippen LogP contribution < -0.4 is 15.0 Å². The number of carbonyl (C=O) groups is 2. The second-order valence-electron chi connectivity index (χ2n) is 10.6. The Balaban J connectivity index is 1.22. The number of carbonyl (C=O) groups excluding carboxylic acids is 2. The molecular formula is C36H38N2O4. The number of hydrogen-bond donors (Lipinski definition) is 1. The first-order valence-corrected chi connectivity index (χ1v) is 14.7. The molecule has 42 heavy (non-hydrogen) atoms. The minimum absolute atomic E-state index is 0.109. The van der Waals surface area contributed by atoms with Gasteiger partial charge in [-0.05, 0) is 54.8 Å². The van der Waals surface area contributed by atoms with Crippen LogP contribution in [0, 0.1) is 0 Å². The van der Waals surface area contributed by atoms with Crippen LogP contribution in [0.4, 0.5) is 11.4 Å². The van der Waals surface area contributed by atoms with Gasteiger partial charge in [0, 0.05) is 35.0 Å². The maximum atomic E-state index is 13.2. The fraction of sp³-hybridized carbons (Fsp3) is 0.278.